The molecule has 0 unspecified atom stereocenters. The van der Waals surface area contributed by atoms with Crippen molar-refractivity contribution in [3.8, 4) is 46.0 Å². The van der Waals surface area contributed by atoms with Gasteiger partial charge in [-0.05, 0) is 23.8 Å². The third kappa shape index (κ3) is 3.62. The normalized spacial score (nSPS) is 27.4. The Labute approximate surface area is 236 Å². The maximum atomic E-state index is 12.8. The predicted octanol–water partition coefficient (Wildman–Crippen LogP) is 1.67. The quantitative estimate of drug-likeness (QED) is 0.172. The Morgan fingerprint density at radius 3 is 2.26 bits per heavy atom. The number of carbonyl (C=O) groups is 2. The van der Waals surface area contributed by atoms with Gasteiger partial charge in [-0.2, -0.15) is 0 Å². The van der Waals surface area contributed by atoms with E-state index in [1.807, 2.05) is 0 Å². The summed E-state index contributed by atoms with van der Waals surface area (Å²) in [5.74, 6) is -3.16. The highest BCUT2D eigenvalue weighted by Crippen LogP contribution is 2.59. The minimum atomic E-state index is -1.77. The van der Waals surface area contributed by atoms with Crippen molar-refractivity contribution in [2.75, 3.05) is 0 Å². The SMILES string of the molecule is O=C1C=C2c3c(cc(O)c4c3O[C@H](c3ccc(O)c(O)c3)[C@H](O)C4)O[C@@]2([C@@H]2Oc3cc(O)cc(O)c3C[C@@H]2O)CC1=O. The van der Waals surface area contributed by atoms with E-state index in [1.165, 1.54) is 30.3 Å². The van der Waals surface area contributed by atoms with E-state index in [1.54, 1.807) is 0 Å². The molecule has 7 rings (SSSR count). The van der Waals surface area contributed by atoms with Crippen molar-refractivity contribution < 1.29 is 59.5 Å². The third-order valence-corrected chi connectivity index (χ3v) is 8.30. The summed E-state index contributed by atoms with van der Waals surface area (Å²) in [5.41, 5.74) is -0.645. The van der Waals surface area contributed by atoms with E-state index < -0.39 is 53.8 Å². The van der Waals surface area contributed by atoms with E-state index in [9.17, 15) is 45.3 Å². The maximum absolute atomic E-state index is 12.8. The van der Waals surface area contributed by atoms with E-state index in [4.69, 9.17) is 14.2 Å². The number of phenolic OH excluding ortho intramolecular Hbond substituents is 5. The molecule has 216 valence electrons. The highest BCUT2D eigenvalue weighted by Gasteiger charge is 2.60. The molecular formula is C30H24O12. The molecule has 0 fully saturated rings. The lowest BCUT2D eigenvalue weighted by Gasteiger charge is -2.43. The number of hydrogen-bond donors (Lipinski definition) is 7. The number of aliphatic hydroxyl groups excluding tert-OH is 2. The molecule has 0 aromatic heterocycles. The average molecular weight is 577 g/mol. The van der Waals surface area contributed by atoms with Gasteiger partial charge >= 0.3 is 0 Å². The fourth-order valence-electron chi connectivity index (χ4n) is 6.36. The lowest BCUT2D eigenvalue weighted by molar-refractivity contribution is -0.139. The molecule has 3 aromatic rings. The van der Waals surface area contributed by atoms with Crippen molar-refractivity contribution in [3.63, 3.8) is 0 Å². The van der Waals surface area contributed by atoms with Crippen LogP contribution < -0.4 is 14.2 Å². The third-order valence-electron chi connectivity index (χ3n) is 8.30. The molecule has 1 aliphatic carbocycles. The van der Waals surface area contributed by atoms with E-state index in [0.29, 0.717) is 5.56 Å². The molecule has 0 saturated heterocycles. The summed E-state index contributed by atoms with van der Waals surface area (Å²) in [6.45, 7) is 0. The van der Waals surface area contributed by atoms with Crippen LogP contribution in [0.15, 0.2) is 42.5 Å². The van der Waals surface area contributed by atoms with Crippen LogP contribution in [0.3, 0.4) is 0 Å². The van der Waals surface area contributed by atoms with Crippen LogP contribution in [0.4, 0.5) is 0 Å². The molecule has 3 heterocycles. The van der Waals surface area contributed by atoms with Gasteiger partial charge in [0.2, 0.25) is 11.6 Å². The van der Waals surface area contributed by atoms with Crippen LogP contribution in [0.1, 0.15) is 34.8 Å². The van der Waals surface area contributed by atoms with Gasteiger partial charge in [-0.25, -0.2) is 0 Å². The second-order valence-corrected chi connectivity index (χ2v) is 10.9. The molecule has 0 radical (unpaired) electrons. The summed E-state index contributed by atoms with van der Waals surface area (Å²) in [5, 5.41) is 73.2. The number of rotatable bonds is 2. The number of ketones is 2. The fourth-order valence-corrected chi connectivity index (χ4v) is 6.36. The lowest BCUT2D eigenvalue weighted by Crippen LogP contribution is -2.59. The van der Waals surface area contributed by atoms with Gasteiger partial charge < -0.3 is 50.0 Å². The average Bonchev–Trinajstić information content (AvgIpc) is 3.24. The first-order valence-electron chi connectivity index (χ1n) is 13.1. The van der Waals surface area contributed by atoms with Crippen molar-refractivity contribution in [2.45, 2.75) is 49.3 Å². The molecule has 42 heavy (non-hydrogen) atoms. The molecule has 0 bridgehead atoms. The number of aliphatic hydroxyl groups is 2. The molecule has 0 amide bonds. The predicted molar refractivity (Wildman–Crippen MR) is 141 cm³/mol. The Morgan fingerprint density at radius 2 is 1.50 bits per heavy atom. The number of fused-ring (bicyclic) bond motifs is 6. The molecule has 3 aromatic carbocycles. The second-order valence-electron chi connectivity index (χ2n) is 10.9. The Morgan fingerprint density at radius 1 is 0.762 bits per heavy atom. The molecule has 3 aliphatic heterocycles. The summed E-state index contributed by atoms with van der Waals surface area (Å²) in [7, 11) is 0. The molecule has 0 spiro atoms. The van der Waals surface area contributed by atoms with Gasteiger partial charge in [-0.1, -0.05) is 6.07 Å². The van der Waals surface area contributed by atoms with Gasteiger partial charge in [0.1, 0.15) is 40.6 Å². The van der Waals surface area contributed by atoms with Crippen LogP contribution in [0, 0.1) is 0 Å². The lowest BCUT2D eigenvalue weighted by atomic mass is 9.73. The molecular weight excluding hydrogens is 552 g/mol. The molecule has 12 nitrogen and oxygen atoms in total. The van der Waals surface area contributed by atoms with E-state index in [2.05, 4.69) is 0 Å². The largest absolute Gasteiger partial charge is 0.508 e. The number of carbonyl (C=O) groups excluding carboxylic acids is 2. The topological polar surface area (TPSA) is 203 Å². The number of allylic oxidation sites excluding steroid dienone is 1. The molecule has 4 aliphatic rings. The molecule has 12 heteroatoms. The molecule has 7 N–H and O–H groups in total. The van der Waals surface area contributed by atoms with Crippen molar-refractivity contribution in [2.24, 2.45) is 0 Å². The van der Waals surface area contributed by atoms with Crippen LogP contribution in [-0.4, -0.2) is 71.2 Å². The number of ether oxygens (including phenoxy) is 3. The number of aromatic hydroxyl groups is 5. The highest BCUT2D eigenvalue weighted by atomic mass is 16.6. The van der Waals surface area contributed by atoms with Gasteiger partial charge in [0.05, 0.1) is 24.2 Å². The molecule has 5 atom stereocenters. The number of hydrogen-bond acceptors (Lipinski definition) is 12. The zero-order chi connectivity index (χ0) is 29.7. The first-order chi connectivity index (χ1) is 20.0. The van der Waals surface area contributed by atoms with Gasteiger partial charge in [0.15, 0.2) is 23.2 Å². The number of benzene rings is 3. The zero-order valence-corrected chi connectivity index (χ0v) is 21.6. The zero-order valence-electron chi connectivity index (χ0n) is 21.6. The van der Waals surface area contributed by atoms with Crippen molar-refractivity contribution >= 4 is 17.1 Å². The van der Waals surface area contributed by atoms with Crippen LogP contribution in [-0.2, 0) is 22.4 Å². The Balaban J connectivity index is 1.37. The Hall–Kier alpha value is -4.94. The minimum Gasteiger partial charge on any atom is -0.508 e. The van der Waals surface area contributed by atoms with Crippen LogP contribution in [0.5, 0.6) is 46.0 Å². The van der Waals surface area contributed by atoms with Gasteiger partial charge in [0, 0.05) is 47.7 Å². The van der Waals surface area contributed by atoms with Crippen LogP contribution >= 0.6 is 0 Å². The van der Waals surface area contributed by atoms with Crippen molar-refractivity contribution in [1.29, 1.82) is 0 Å². The number of Topliss-reactive ketones (excluding diaryl/α,β-unsaturated/α-hetero) is 1. The summed E-state index contributed by atoms with van der Waals surface area (Å²) < 4.78 is 18.6. The van der Waals surface area contributed by atoms with E-state index >= 15 is 0 Å². The van der Waals surface area contributed by atoms with Gasteiger partial charge in [-0.15, -0.1) is 0 Å². The molecule has 0 saturated carbocycles. The van der Waals surface area contributed by atoms with Crippen LogP contribution in [0.25, 0.3) is 5.57 Å². The van der Waals surface area contributed by atoms with Crippen molar-refractivity contribution in [1.82, 2.24) is 0 Å². The van der Waals surface area contributed by atoms with E-state index in [0.717, 1.165) is 12.1 Å². The highest BCUT2D eigenvalue weighted by molar-refractivity contribution is 6.45. The Kier molecular flexibility index (Phi) is 5.43. The monoisotopic (exact) mass is 576 g/mol. The van der Waals surface area contributed by atoms with E-state index in [-0.39, 0.29) is 75.4 Å². The smallest absolute Gasteiger partial charge is 0.222 e. The summed E-state index contributed by atoms with van der Waals surface area (Å²) >= 11 is 0. The summed E-state index contributed by atoms with van der Waals surface area (Å²) in [6.07, 6.45) is -4.56. The van der Waals surface area contributed by atoms with Crippen molar-refractivity contribution in [3.05, 3.63) is 64.7 Å². The fraction of sp³-hybridized carbons (Fsp3) is 0.267. The van der Waals surface area contributed by atoms with Gasteiger partial charge in [0.25, 0.3) is 0 Å². The maximum Gasteiger partial charge on any atom is 0.222 e. The summed E-state index contributed by atoms with van der Waals surface area (Å²) in [4.78, 5) is 25.6. The van der Waals surface area contributed by atoms with Gasteiger partial charge in [-0.3, -0.25) is 9.59 Å². The Bertz CT molecular complexity index is 1740. The summed E-state index contributed by atoms with van der Waals surface area (Å²) in [6, 6.07) is 7.55. The first-order valence-corrected chi connectivity index (χ1v) is 13.1. The van der Waals surface area contributed by atoms with Crippen LogP contribution in [0.2, 0.25) is 0 Å². The standard InChI is InChI=1S/C30H24O12/c31-12-4-17(33)13-6-22(38)29(40-24(13)5-12)30-10-23(39)20(36)8-15(30)26-25(42-30)9-18(34)14-7-21(37)27(41-28(14)26)11-1-2-16(32)19(35)3-11/h1-5,8-9,21-22,27,29,31-35,37-38H,6-7,10H2/t21-,22+,27-,29-,30+/m1/s1. The first kappa shape index (κ1) is 26.0. The minimum absolute atomic E-state index is 0.0315. The number of phenols is 5. The second kappa shape index (κ2) is 8.78.